The molecule has 1 aliphatic heterocycles. The Morgan fingerprint density at radius 3 is 2.73 bits per heavy atom. The molecule has 1 aromatic heterocycles. The molecule has 1 amide bonds. The van der Waals surface area contributed by atoms with Gasteiger partial charge in [-0.05, 0) is 32.4 Å². The van der Waals surface area contributed by atoms with Crippen LogP contribution in [0.3, 0.4) is 0 Å². The number of aryl methyl sites for hydroxylation is 1. The van der Waals surface area contributed by atoms with Crippen LogP contribution in [0.2, 0.25) is 0 Å². The van der Waals surface area contributed by atoms with Crippen molar-refractivity contribution in [1.82, 2.24) is 19.9 Å². The minimum absolute atomic E-state index is 0.0283. The van der Waals surface area contributed by atoms with Crippen molar-refractivity contribution >= 4 is 5.91 Å². The molecule has 2 heterocycles. The Hall–Kier alpha value is -2.21. The summed E-state index contributed by atoms with van der Waals surface area (Å²) < 4.78 is 0. The van der Waals surface area contributed by atoms with Gasteiger partial charge < -0.3 is 10.0 Å². The second kappa shape index (κ2) is 5.88. The normalized spacial score (nSPS) is 21.3. The van der Waals surface area contributed by atoms with Gasteiger partial charge in [0.2, 0.25) is 0 Å². The smallest absolute Gasteiger partial charge is 0.256 e. The summed E-state index contributed by atoms with van der Waals surface area (Å²) in [5.41, 5.74) is 2.30. The van der Waals surface area contributed by atoms with E-state index in [-0.39, 0.29) is 24.5 Å². The Balaban J connectivity index is 1.97. The Labute approximate surface area is 129 Å². The number of amides is 1. The van der Waals surface area contributed by atoms with Crippen molar-refractivity contribution in [1.29, 1.82) is 0 Å². The summed E-state index contributed by atoms with van der Waals surface area (Å²) in [6.45, 7) is 4.70. The summed E-state index contributed by atoms with van der Waals surface area (Å²) in [5, 5.41) is 17.6. The Bertz CT molecular complexity index is 669. The zero-order valence-electron chi connectivity index (χ0n) is 12.8. The number of aliphatic hydroxyl groups excluding tert-OH is 1. The maximum Gasteiger partial charge on any atom is 0.256 e. The molecule has 0 bridgehead atoms. The monoisotopic (exact) mass is 300 g/mol. The Kier molecular flexibility index (Phi) is 3.94. The van der Waals surface area contributed by atoms with Gasteiger partial charge in [0.1, 0.15) is 0 Å². The number of hydrogen-bond donors (Lipinski definition) is 1. The molecule has 22 heavy (non-hydrogen) atoms. The van der Waals surface area contributed by atoms with Crippen LogP contribution in [0.4, 0.5) is 0 Å². The van der Waals surface area contributed by atoms with E-state index < -0.39 is 0 Å². The highest BCUT2D eigenvalue weighted by atomic mass is 16.3. The summed E-state index contributed by atoms with van der Waals surface area (Å²) in [4.78, 5) is 16.3. The van der Waals surface area contributed by atoms with E-state index in [1.165, 1.54) is 4.80 Å². The molecule has 1 saturated heterocycles. The number of rotatable bonds is 3. The minimum atomic E-state index is -0.0283. The molecule has 0 saturated carbocycles. The topological polar surface area (TPSA) is 71.2 Å². The number of aliphatic hydroxyl groups is 1. The third kappa shape index (κ3) is 2.62. The lowest BCUT2D eigenvalue weighted by molar-refractivity contribution is 0.0738. The van der Waals surface area contributed by atoms with E-state index >= 15 is 0 Å². The molecule has 2 atom stereocenters. The van der Waals surface area contributed by atoms with E-state index in [4.69, 9.17) is 0 Å². The second-order valence-corrected chi connectivity index (χ2v) is 5.93. The lowest BCUT2D eigenvalue weighted by atomic mass is 10.1. The van der Waals surface area contributed by atoms with Crippen molar-refractivity contribution in [2.24, 2.45) is 5.92 Å². The number of likely N-dealkylation sites (tertiary alicyclic amines) is 1. The average Bonchev–Trinajstić information content (AvgIpc) is 3.15. The summed E-state index contributed by atoms with van der Waals surface area (Å²) in [6, 6.07) is 5.82. The van der Waals surface area contributed by atoms with Crippen LogP contribution in [0.1, 0.15) is 29.3 Å². The molecule has 0 spiro atoms. The average molecular weight is 300 g/mol. The van der Waals surface area contributed by atoms with Crippen LogP contribution in [0, 0.1) is 12.8 Å². The van der Waals surface area contributed by atoms with Crippen molar-refractivity contribution in [3.8, 4) is 5.69 Å². The number of aromatic nitrogens is 3. The van der Waals surface area contributed by atoms with Crippen molar-refractivity contribution in [3.05, 3.63) is 41.7 Å². The molecular formula is C16H20N4O2. The molecule has 1 N–H and O–H groups in total. The van der Waals surface area contributed by atoms with Gasteiger partial charge in [-0.3, -0.25) is 4.79 Å². The van der Waals surface area contributed by atoms with Crippen molar-refractivity contribution in [2.75, 3.05) is 13.2 Å². The summed E-state index contributed by atoms with van der Waals surface area (Å²) in [6.07, 6.45) is 4.02. The van der Waals surface area contributed by atoms with Gasteiger partial charge in [-0.15, -0.1) is 0 Å². The van der Waals surface area contributed by atoms with Crippen LogP contribution in [-0.2, 0) is 0 Å². The highest BCUT2D eigenvalue weighted by molar-refractivity contribution is 5.98. The molecule has 2 aromatic rings. The number of carbonyl (C=O) groups is 1. The van der Waals surface area contributed by atoms with Crippen LogP contribution in [0.5, 0.6) is 0 Å². The van der Waals surface area contributed by atoms with Gasteiger partial charge in [0, 0.05) is 25.1 Å². The van der Waals surface area contributed by atoms with E-state index in [1.54, 1.807) is 12.4 Å². The summed E-state index contributed by atoms with van der Waals surface area (Å²) >= 11 is 0. The van der Waals surface area contributed by atoms with Gasteiger partial charge in [0.05, 0.1) is 23.6 Å². The second-order valence-electron chi connectivity index (χ2n) is 5.93. The Morgan fingerprint density at radius 1 is 1.36 bits per heavy atom. The zero-order valence-corrected chi connectivity index (χ0v) is 12.8. The molecule has 0 unspecified atom stereocenters. The molecule has 0 aliphatic carbocycles. The lowest BCUT2D eigenvalue weighted by Gasteiger charge is -2.23. The van der Waals surface area contributed by atoms with E-state index in [2.05, 4.69) is 10.2 Å². The highest BCUT2D eigenvalue weighted by Crippen LogP contribution is 2.26. The molecule has 6 nitrogen and oxygen atoms in total. The molecule has 6 heteroatoms. The number of benzene rings is 1. The number of hydrogen-bond acceptors (Lipinski definition) is 4. The van der Waals surface area contributed by atoms with Gasteiger partial charge in [-0.25, -0.2) is 0 Å². The van der Waals surface area contributed by atoms with Crippen LogP contribution in [0.15, 0.2) is 30.6 Å². The third-order valence-corrected chi connectivity index (χ3v) is 4.20. The zero-order chi connectivity index (χ0) is 15.7. The molecule has 1 fully saturated rings. The third-order valence-electron chi connectivity index (χ3n) is 4.20. The van der Waals surface area contributed by atoms with E-state index in [0.29, 0.717) is 17.8 Å². The first kappa shape index (κ1) is 14.7. The maximum absolute atomic E-state index is 13.0. The largest absolute Gasteiger partial charge is 0.396 e. The molecule has 3 rings (SSSR count). The standard InChI is InChI=1S/C16H20N4O2/c1-11-3-4-15(20-17-5-6-18-20)14(7-11)16(22)19-9-13(10-21)8-12(19)2/h3-7,12-13,21H,8-10H2,1-2H3/t12-,13+/m1/s1. The first-order chi connectivity index (χ1) is 10.6. The Morgan fingerprint density at radius 2 is 2.09 bits per heavy atom. The van der Waals surface area contributed by atoms with Gasteiger partial charge >= 0.3 is 0 Å². The molecular weight excluding hydrogens is 280 g/mol. The van der Waals surface area contributed by atoms with Crippen molar-refractivity contribution in [2.45, 2.75) is 26.3 Å². The fraction of sp³-hybridized carbons (Fsp3) is 0.438. The van der Waals surface area contributed by atoms with Crippen LogP contribution >= 0.6 is 0 Å². The van der Waals surface area contributed by atoms with Gasteiger partial charge in [-0.1, -0.05) is 11.6 Å². The predicted octanol–water partition coefficient (Wildman–Crippen LogP) is 1.42. The molecule has 116 valence electrons. The first-order valence-corrected chi connectivity index (χ1v) is 7.49. The van der Waals surface area contributed by atoms with Crippen molar-refractivity contribution < 1.29 is 9.90 Å². The van der Waals surface area contributed by atoms with Crippen LogP contribution in [-0.4, -0.2) is 50.1 Å². The van der Waals surface area contributed by atoms with Crippen LogP contribution < -0.4 is 0 Å². The maximum atomic E-state index is 13.0. The van der Waals surface area contributed by atoms with Gasteiger partial charge in [0.15, 0.2) is 0 Å². The predicted molar refractivity (Wildman–Crippen MR) is 81.8 cm³/mol. The van der Waals surface area contributed by atoms with E-state index in [9.17, 15) is 9.90 Å². The summed E-state index contributed by atoms with van der Waals surface area (Å²) in [5.74, 6) is 0.134. The number of carbonyl (C=O) groups excluding carboxylic acids is 1. The number of nitrogens with zero attached hydrogens (tertiary/aromatic N) is 4. The highest BCUT2D eigenvalue weighted by Gasteiger charge is 2.33. The summed E-state index contributed by atoms with van der Waals surface area (Å²) in [7, 11) is 0. The minimum Gasteiger partial charge on any atom is -0.396 e. The van der Waals surface area contributed by atoms with E-state index in [0.717, 1.165) is 12.0 Å². The molecule has 1 aromatic carbocycles. The first-order valence-electron chi connectivity index (χ1n) is 7.49. The van der Waals surface area contributed by atoms with Crippen LogP contribution in [0.25, 0.3) is 5.69 Å². The van der Waals surface area contributed by atoms with Gasteiger partial charge in [-0.2, -0.15) is 15.0 Å². The van der Waals surface area contributed by atoms with Crippen molar-refractivity contribution in [3.63, 3.8) is 0 Å². The quantitative estimate of drug-likeness (QED) is 0.930. The lowest BCUT2D eigenvalue weighted by Crippen LogP contribution is -2.35. The van der Waals surface area contributed by atoms with E-state index in [1.807, 2.05) is 36.9 Å². The fourth-order valence-corrected chi connectivity index (χ4v) is 3.05. The SMILES string of the molecule is Cc1ccc(-n2nccn2)c(C(=O)N2C[C@@H](CO)C[C@H]2C)c1. The fourth-order valence-electron chi connectivity index (χ4n) is 3.05. The van der Waals surface area contributed by atoms with Gasteiger partial charge in [0.25, 0.3) is 5.91 Å². The molecule has 0 radical (unpaired) electrons. The molecule has 1 aliphatic rings.